The standard InChI is InChI=1S/C28H28ClFN8O4/c1-14(2)24-21(23(27(40)41)35-38(24)20-12-32-28(36(3)4)34-25(20)42-6)22(15-7-8-16(11-31)19(30)9-15)33-17-10-18(29)26(39)37(5)13-17/h7-10,12-14,22,33H,1-6H3,(H,40,41). The lowest BCUT2D eigenvalue weighted by atomic mass is 9.91. The summed E-state index contributed by atoms with van der Waals surface area (Å²) in [6.45, 7) is 3.70. The number of nitrogens with one attached hydrogen (secondary N) is 1. The number of aryl methyl sites for hydroxylation is 1. The Balaban J connectivity index is 2.06. The van der Waals surface area contributed by atoms with E-state index >= 15 is 0 Å². The highest BCUT2D eigenvalue weighted by atomic mass is 35.5. The number of carbonyl (C=O) groups is 1. The Bertz CT molecular complexity index is 1750. The van der Waals surface area contributed by atoms with E-state index in [9.17, 15) is 24.3 Å². The van der Waals surface area contributed by atoms with Crippen LogP contribution in [-0.4, -0.2) is 56.6 Å². The number of ether oxygens (including phenoxy) is 1. The predicted molar refractivity (Wildman–Crippen MR) is 154 cm³/mol. The molecule has 3 aromatic heterocycles. The first-order chi connectivity index (χ1) is 19.9. The zero-order valence-electron chi connectivity index (χ0n) is 23.7. The van der Waals surface area contributed by atoms with E-state index in [4.69, 9.17) is 16.3 Å². The van der Waals surface area contributed by atoms with Gasteiger partial charge in [-0.3, -0.25) is 4.79 Å². The van der Waals surface area contributed by atoms with Gasteiger partial charge in [-0.1, -0.05) is 31.5 Å². The summed E-state index contributed by atoms with van der Waals surface area (Å²) >= 11 is 6.16. The quantitative estimate of drug-likeness (QED) is 0.289. The number of hydrogen-bond donors (Lipinski definition) is 2. The van der Waals surface area contributed by atoms with Crippen molar-refractivity contribution >= 4 is 29.2 Å². The van der Waals surface area contributed by atoms with Crippen molar-refractivity contribution in [2.24, 2.45) is 7.05 Å². The van der Waals surface area contributed by atoms with Crippen molar-refractivity contribution in [3.8, 4) is 17.6 Å². The van der Waals surface area contributed by atoms with Crippen LogP contribution in [0.4, 0.5) is 16.0 Å². The molecular formula is C28H28ClFN8O4. The molecule has 4 aromatic rings. The summed E-state index contributed by atoms with van der Waals surface area (Å²) in [5, 5.41) is 27.2. The smallest absolute Gasteiger partial charge is 0.356 e. The molecule has 4 rings (SSSR count). The third kappa shape index (κ3) is 5.61. The molecule has 0 aliphatic heterocycles. The Hall–Kier alpha value is -4.96. The van der Waals surface area contributed by atoms with Gasteiger partial charge in [0, 0.05) is 32.9 Å². The molecule has 1 unspecified atom stereocenters. The summed E-state index contributed by atoms with van der Waals surface area (Å²) in [7, 11) is 6.47. The van der Waals surface area contributed by atoms with Crippen LogP contribution in [0.3, 0.4) is 0 Å². The topological polar surface area (TPSA) is 151 Å². The second kappa shape index (κ2) is 11.9. The molecule has 0 saturated carbocycles. The fourth-order valence-electron chi connectivity index (χ4n) is 4.53. The maximum Gasteiger partial charge on any atom is 0.356 e. The molecule has 0 saturated heterocycles. The second-order valence-electron chi connectivity index (χ2n) is 9.90. The summed E-state index contributed by atoms with van der Waals surface area (Å²) in [5.74, 6) is -1.93. The van der Waals surface area contributed by atoms with E-state index in [1.54, 1.807) is 25.1 Å². The third-order valence-electron chi connectivity index (χ3n) is 6.44. The van der Waals surface area contributed by atoms with Crippen molar-refractivity contribution in [1.82, 2.24) is 24.3 Å². The minimum absolute atomic E-state index is 0.0756. The SMILES string of the molecule is COc1nc(N(C)C)ncc1-n1nc(C(=O)O)c(C(Nc2cc(Cl)c(=O)n(C)c2)c2ccc(C#N)c(F)c2)c1C(C)C. The number of aromatic nitrogens is 5. The number of carboxylic acid groups (broad SMARTS) is 1. The van der Waals surface area contributed by atoms with Crippen molar-refractivity contribution in [1.29, 1.82) is 5.26 Å². The van der Waals surface area contributed by atoms with Gasteiger partial charge in [0.25, 0.3) is 5.56 Å². The zero-order valence-corrected chi connectivity index (χ0v) is 24.4. The Morgan fingerprint density at radius 3 is 2.55 bits per heavy atom. The molecule has 12 nitrogen and oxygen atoms in total. The number of methoxy groups -OCH3 is 1. The molecule has 0 radical (unpaired) electrons. The fraction of sp³-hybridized carbons (Fsp3) is 0.286. The molecule has 0 bridgehead atoms. The molecule has 2 N–H and O–H groups in total. The van der Waals surface area contributed by atoms with Crippen LogP contribution in [0.15, 0.2) is 41.5 Å². The highest BCUT2D eigenvalue weighted by molar-refractivity contribution is 6.30. The van der Waals surface area contributed by atoms with Gasteiger partial charge in [0.05, 0.1) is 36.3 Å². The van der Waals surface area contributed by atoms with Crippen molar-refractivity contribution < 1.29 is 19.0 Å². The van der Waals surface area contributed by atoms with Crippen LogP contribution in [0.25, 0.3) is 5.69 Å². The van der Waals surface area contributed by atoms with Gasteiger partial charge in [-0.05, 0) is 29.7 Å². The third-order valence-corrected chi connectivity index (χ3v) is 6.71. The fourth-order valence-corrected chi connectivity index (χ4v) is 4.78. The summed E-state index contributed by atoms with van der Waals surface area (Å²) in [5.41, 5.74) is 0.669. The van der Waals surface area contributed by atoms with Crippen LogP contribution in [0.2, 0.25) is 5.02 Å². The van der Waals surface area contributed by atoms with Gasteiger partial charge in [-0.25, -0.2) is 18.9 Å². The Morgan fingerprint density at radius 2 is 2.00 bits per heavy atom. The average molecular weight is 595 g/mol. The lowest BCUT2D eigenvalue weighted by Crippen LogP contribution is -2.21. The number of benzene rings is 1. The predicted octanol–water partition coefficient (Wildman–Crippen LogP) is 4.12. The molecule has 42 heavy (non-hydrogen) atoms. The van der Waals surface area contributed by atoms with Gasteiger partial charge in [0.15, 0.2) is 5.69 Å². The maximum atomic E-state index is 14.9. The van der Waals surface area contributed by atoms with E-state index in [1.165, 1.54) is 54.0 Å². The van der Waals surface area contributed by atoms with E-state index in [2.05, 4.69) is 20.4 Å². The molecule has 0 fully saturated rings. The Labute approximate surface area is 245 Å². The maximum absolute atomic E-state index is 14.9. The van der Waals surface area contributed by atoms with Crippen LogP contribution in [0.1, 0.15) is 58.7 Å². The molecule has 0 spiro atoms. The number of nitriles is 1. The van der Waals surface area contributed by atoms with Crippen LogP contribution < -0.4 is 20.5 Å². The minimum Gasteiger partial charge on any atom is -0.479 e. The number of rotatable bonds is 9. The zero-order chi connectivity index (χ0) is 30.9. The van der Waals surface area contributed by atoms with Crippen LogP contribution in [-0.2, 0) is 7.05 Å². The van der Waals surface area contributed by atoms with Crippen LogP contribution in [0, 0.1) is 17.1 Å². The number of aromatic carboxylic acids is 1. The first kappa shape index (κ1) is 30.0. The normalized spacial score (nSPS) is 11.7. The van der Waals surface area contributed by atoms with Crippen molar-refractivity contribution in [2.45, 2.75) is 25.8 Å². The van der Waals surface area contributed by atoms with Gasteiger partial charge in [-0.15, -0.1) is 0 Å². The number of nitrogens with zero attached hydrogens (tertiary/aromatic N) is 7. The van der Waals surface area contributed by atoms with Crippen molar-refractivity contribution in [2.75, 3.05) is 31.4 Å². The van der Waals surface area contributed by atoms with Crippen molar-refractivity contribution in [3.05, 3.63) is 85.9 Å². The molecule has 1 aromatic carbocycles. The monoisotopic (exact) mass is 594 g/mol. The lowest BCUT2D eigenvalue weighted by Gasteiger charge is -2.24. The lowest BCUT2D eigenvalue weighted by molar-refractivity contribution is 0.0688. The summed E-state index contributed by atoms with van der Waals surface area (Å²) in [4.78, 5) is 35.4. The molecule has 14 heteroatoms. The molecule has 0 aliphatic carbocycles. The van der Waals surface area contributed by atoms with Crippen molar-refractivity contribution in [3.63, 3.8) is 0 Å². The summed E-state index contributed by atoms with van der Waals surface area (Å²) in [6, 6.07) is 6.15. The highest BCUT2D eigenvalue weighted by Gasteiger charge is 2.33. The van der Waals surface area contributed by atoms with E-state index in [1.807, 2.05) is 13.8 Å². The number of carboxylic acids is 1. The average Bonchev–Trinajstić information content (AvgIpc) is 3.35. The van der Waals surface area contributed by atoms with Gasteiger partial charge in [0.2, 0.25) is 11.8 Å². The van der Waals surface area contributed by atoms with Gasteiger partial charge < -0.3 is 24.6 Å². The summed E-state index contributed by atoms with van der Waals surface area (Å²) in [6.07, 6.45) is 2.96. The number of halogens is 2. The molecule has 0 aliphatic rings. The first-order valence-corrected chi connectivity index (χ1v) is 13.0. The Morgan fingerprint density at radius 1 is 1.29 bits per heavy atom. The largest absolute Gasteiger partial charge is 0.479 e. The summed E-state index contributed by atoms with van der Waals surface area (Å²) < 4.78 is 23.1. The van der Waals surface area contributed by atoms with Gasteiger partial charge >= 0.3 is 5.97 Å². The minimum atomic E-state index is -1.34. The number of anilines is 2. The molecule has 218 valence electrons. The van der Waals surface area contributed by atoms with Crippen LogP contribution in [0.5, 0.6) is 5.88 Å². The number of hydrogen-bond acceptors (Lipinski definition) is 9. The van der Waals surface area contributed by atoms with E-state index < -0.39 is 23.4 Å². The highest BCUT2D eigenvalue weighted by Crippen LogP contribution is 2.38. The second-order valence-corrected chi connectivity index (χ2v) is 10.3. The molecule has 0 amide bonds. The molecule has 1 atom stereocenters. The first-order valence-electron chi connectivity index (χ1n) is 12.6. The molecular weight excluding hydrogens is 567 g/mol. The van der Waals surface area contributed by atoms with Gasteiger partial charge in [-0.2, -0.15) is 15.3 Å². The van der Waals surface area contributed by atoms with E-state index in [-0.39, 0.29) is 39.3 Å². The molecule has 3 heterocycles. The number of pyridine rings is 1. The van der Waals surface area contributed by atoms with E-state index in [0.717, 1.165) is 6.07 Å². The van der Waals surface area contributed by atoms with Crippen LogP contribution >= 0.6 is 11.6 Å². The van der Waals surface area contributed by atoms with Gasteiger partial charge in [0.1, 0.15) is 22.6 Å². The van der Waals surface area contributed by atoms with E-state index in [0.29, 0.717) is 22.9 Å². The Kier molecular flexibility index (Phi) is 8.49.